The minimum Gasteiger partial charge on any atom is -0.369 e. The number of ether oxygens (including phenoxy) is 1. The molecule has 1 aliphatic heterocycles. The van der Waals surface area contributed by atoms with Gasteiger partial charge in [-0.1, -0.05) is 0 Å². The fourth-order valence-corrected chi connectivity index (χ4v) is 1.48. The van der Waals surface area contributed by atoms with Gasteiger partial charge in [-0.05, 0) is 39.8 Å². The molecule has 90 valence electrons. The van der Waals surface area contributed by atoms with E-state index in [1.165, 1.54) is 0 Å². The summed E-state index contributed by atoms with van der Waals surface area (Å²) in [7, 11) is 0. The van der Waals surface area contributed by atoms with E-state index >= 15 is 0 Å². The van der Waals surface area contributed by atoms with Crippen molar-refractivity contribution in [2.24, 2.45) is 0 Å². The fraction of sp³-hybridized carbons (Fsp3) is 0.900. The Balaban J connectivity index is 0.00000196. The Morgan fingerprint density at radius 2 is 2.07 bits per heavy atom. The molecule has 1 amide bonds. The van der Waals surface area contributed by atoms with Gasteiger partial charge in [0.05, 0.1) is 6.10 Å². The van der Waals surface area contributed by atoms with Gasteiger partial charge in [0.1, 0.15) is 6.61 Å². The van der Waals surface area contributed by atoms with Crippen LogP contribution in [0.4, 0.5) is 0 Å². The van der Waals surface area contributed by atoms with E-state index in [1.54, 1.807) is 0 Å². The second-order valence-electron chi connectivity index (χ2n) is 3.95. The van der Waals surface area contributed by atoms with Gasteiger partial charge in [0.2, 0.25) is 5.91 Å². The van der Waals surface area contributed by atoms with E-state index in [4.69, 9.17) is 4.74 Å². The Hall–Kier alpha value is -0.320. The number of hydrogen-bond acceptors (Lipinski definition) is 3. The van der Waals surface area contributed by atoms with Crippen molar-refractivity contribution in [1.29, 1.82) is 0 Å². The third-order valence-electron chi connectivity index (χ3n) is 2.25. The maximum atomic E-state index is 11.4. The third kappa shape index (κ3) is 6.71. The average molecular weight is 237 g/mol. The molecule has 5 heteroatoms. The molecule has 1 fully saturated rings. The van der Waals surface area contributed by atoms with Gasteiger partial charge in [-0.2, -0.15) is 0 Å². The summed E-state index contributed by atoms with van der Waals surface area (Å²) in [5.74, 6) is 0.00519. The van der Waals surface area contributed by atoms with E-state index in [0.29, 0.717) is 6.04 Å². The summed E-state index contributed by atoms with van der Waals surface area (Å²) in [6.07, 6.45) is 2.16. The first-order valence-corrected chi connectivity index (χ1v) is 5.30. The number of carbonyl (C=O) groups is 1. The minimum absolute atomic E-state index is 0. The monoisotopic (exact) mass is 236 g/mol. The quantitative estimate of drug-likeness (QED) is 0.756. The normalized spacial score (nSPS) is 17.3. The number of rotatable bonds is 4. The van der Waals surface area contributed by atoms with Crippen molar-refractivity contribution in [2.75, 3.05) is 19.7 Å². The van der Waals surface area contributed by atoms with E-state index in [0.717, 1.165) is 25.9 Å². The molecule has 0 saturated carbocycles. The van der Waals surface area contributed by atoms with Crippen molar-refractivity contribution >= 4 is 18.3 Å². The van der Waals surface area contributed by atoms with Gasteiger partial charge in [0, 0.05) is 6.04 Å². The van der Waals surface area contributed by atoms with Gasteiger partial charge in [0.15, 0.2) is 0 Å². The second-order valence-corrected chi connectivity index (χ2v) is 3.95. The van der Waals surface area contributed by atoms with Crippen LogP contribution in [-0.4, -0.2) is 37.7 Å². The highest BCUT2D eigenvalue weighted by atomic mass is 35.5. The molecule has 0 aromatic heterocycles. The third-order valence-corrected chi connectivity index (χ3v) is 2.25. The number of piperidine rings is 1. The van der Waals surface area contributed by atoms with E-state index in [1.807, 2.05) is 13.8 Å². The lowest BCUT2D eigenvalue weighted by Crippen LogP contribution is -2.44. The Bertz CT molecular complexity index is 182. The molecule has 1 heterocycles. The van der Waals surface area contributed by atoms with Gasteiger partial charge >= 0.3 is 0 Å². The topological polar surface area (TPSA) is 50.4 Å². The van der Waals surface area contributed by atoms with Gasteiger partial charge in [-0.15, -0.1) is 12.4 Å². The Labute approximate surface area is 97.5 Å². The van der Waals surface area contributed by atoms with Crippen molar-refractivity contribution in [2.45, 2.75) is 38.8 Å². The first-order valence-electron chi connectivity index (χ1n) is 5.30. The first-order chi connectivity index (χ1) is 6.68. The molecule has 0 radical (unpaired) electrons. The summed E-state index contributed by atoms with van der Waals surface area (Å²) in [5, 5.41) is 6.23. The van der Waals surface area contributed by atoms with Crippen LogP contribution in [0.5, 0.6) is 0 Å². The predicted molar refractivity (Wildman–Crippen MR) is 62.4 cm³/mol. The summed E-state index contributed by atoms with van der Waals surface area (Å²) >= 11 is 0. The molecule has 1 saturated heterocycles. The smallest absolute Gasteiger partial charge is 0.246 e. The van der Waals surface area contributed by atoms with Crippen LogP contribution in [0.3, 0.4) is 0 Å². The van der Waals surface area contributed by atoms with E-state index < -0.39 is 0 Å². The number of hydrogen-bond donors (Lipinski definition) is 2. The van der Waals surface area contributed by atoms with Gasteiger partial charge in [0.25, 0.3) is 0 Å². The van der Waals surface area contributed by atoms with Gasteiger partial charge in [-0.3, -0.25) is 4.79 Å². The van der Waals surface area contributed by atoms with Crippen molar-refractivity contribution < 1.29 is 9.53 Å². The largest absolute Gasteiger partial charge is 0.369 e. The molecule has 0 atom stereocenters. The van der Waals surface area contributed by atoms with Crippen LogP contribution in [0, 0.1) is 0 Å². The molecular formula is C10H21ClN2O2. The molecule has 0 unspecified atom stereocenters. The number of amides is 1. The van der Waals surface area contributed by atoms with Crippen LogP contribution in [-0.2, 0) is 9.53 Å². The molecule has 1 aliphatic rings. The Morgan fingerprint density at radius 1 is 1.47 bits per heavy atom. The fourth-order valence-electron chi connectivity index (χ4n) is 1.48. The first kappa shape index (κ1) is 14.7. The van der Waals surface area contributed by atoms with Crippen molar-refractivity contribution in [1.82, 2.24) is 10.6 Å². The summed E-state index contributed by atoms with van der Waals surface area (Å²) in [4.78, 5) is 11.4. The van der Waals surface area contributed by atoms with Crippen LogP contribution in [0.15, 0.2) is 0 Å². The van der Waals surface area contributed by atoms with E-state index in [9.17, 15) is 4.79 Å². The molecule has 0 aliphatic carbocycles. The summed E-state index contributed by atoms with van der Waals surface area (Å²) in [6.45, 7) is 6.03. The van der Waals surface area contributed by atoms with Gasteiger partial charge < -0.3 is 15.4 Å². The number of carbonyl (C=O) groups excluding carboxylic acids is 1. The standard InChI is InChI=1S/C10H20N2O2.ClH/c1-8(2)14-7-10(13)12-9-3-5-11-6-4-9;/h8-9,11H,3-7H2,1-2H3,(H,12,13);1H. The molecule has 0 aromatic carbocycles. The molecule has 0 bridgehead atoms. The molecule has 15 heavy (non-hydrogen) atoms. The highest BCUT2D eigenvalue weighted by Gasteiger charge is 2.15. The second kappa shape index (κ2) is 7.91. The van der Waals surface area contributed by atoms with Crippen LogP contribution < -0.4 is 10.6 Å². The molecule has 1 rings (SSSR count). The van der Waals surface area contributed by atoms with Crippen molar-refractivity contribution in [3.63, 3.8) is 0 Å². The van der Waals surface area contributed by atoms with E-state index in [2.05, 4.69) is 10.6 Å². The SMILES string of the molecule is CC(C)OCC(=O)NC1CCNCC1.Cl. The van der Waals surface area contributed by atoms with Crippen LogP contribution in [0.1, 0.15) is 26.7 Å². The highest BCUT2D eigenvalue weighted by Crippen LogP contribution is 2.01. The molecule has 4 nitrogen and oxygen atoms in total. The van der Waals surface area contributed by atoms with E-state index in [-0.39, 0.29) is 31.0 Å². The summed E-state index contributed by atoms with van der Waals surface area (Å²) in [5.41, 5.74) is 0. The predicted octanol–water partition coefficient (Wildman–Crippen LogP) is 0.701. The molecular weight excluding hydrogens is 216 g/mol. The Kier molecular flexibility index (Phi) is 7.74. The lowest BCUT2D eigenvalue weighted by Gasteiger charge is -2.23. The van der Waals surface area contributed by atoms with Crippen molar-refractivity contribution in [3.05, 3.63) is 0 Å². The lowest BCUT2D eigenvalue weighted by molar-refractivity contribution is -0.127. The number of halogens is 1. The van der Waals surface area contributed by atoms with Crippen molar-refractivity contribution in [3.8, 4) is 0 Å². The molecule has 0 aromatic rings. The molecule has 2 N–H and O–H groups in total. The zero-order valence-electron chi connectivity index (χ0n) is 9.41. The maximum Gasteiger partial charge on any atom is 0.246 e. The lowest BCUT2D eigenvalue weighted by atomic mass is 10.1. The van der Waals surface area contributed by atoms with Crippen LogP contribution in [0.25, 0.3) is 0 Å². The minimum atomic E-state index is 0. The highest BCUT2D eigenvalue weighted by molar-refractivity contribution is 5.85. The summed E-state index contributed by atoms with van der Waals surface area (Å²) in [6, 6.07) is 0.333. The van der Waals surface area contributed by atoms with Gasteiger partial charge in [-0.25, -0.2) is 0 Å². The summed E-state index contributed by atoms with van der Waals surface area (Å²) < 4.78 is 5.22. The molecule has 0 spiro atoms. The van der Waals surface area contributed by atoms with Crippen LogP contribution in [0.2, 0.25) is 0 Å². The Morgan fingerprint density at radius 3 is 2.60 bits per heavy atom. The zero-order valence-corrected chi connectivity index (χ0v) is 10.2. The maximum absolute atomic E-state index is 11.4. The zero-order chi connectivity index (χ0) is 10.4. The van der Waals surface area contributed by atoms with Crippen LogP contribution >= 0.6 is 12.4 Å². The average Bonchev–Trinajstić information content (AvgIpc) is 2.16. The number of nitrogens with one attached hydrogen (secondary N) is 2.